The molecule has 0 aromatic carbocycles. The van der Waals surface area contributed by atoms with Gasteiger partial charge >= 0.3 is 0 Å². The Kier molecular flexibility index (Phi) is 2.30. The highest BCUT2D eigenvalue weighted by Gasteiger charge is 2.19. The number of pyridine rings is 1. The molecule has 66 valence electrons. The van der Waals surface area contributed by atoms with E-state index in [1.165, 1.54) is 0 Å². The minimum Gasteiger partial charge on any atom is -0.225 e. The van der Waals surface area contributed by atoms with Gasteiger partial charge in [-0.3, -0.25) is 0 Å². The molecule has 0 N–H and O–H groups in total. The predicted molar refractivity (Wildman–Crippen MR) is 33.8 cm³/mol. The lowest BCUT2D eigenvalue weighted by atomic mass is 10.1. The van der Waals surface area contributed by atoms with Gasteiger partial charge in [0.25, 0.3) is 6.43 Å². The van der Waals surface area contributed by atoms with Crippen molar-refractivity contribution in [3.05, 3.63) is 29.1 Å². The molecule has 0 saturated carbocycles. The van der Waals surface area contributed by atoms with Crippen LogP contribution in [0.1, 0.15) is 17.6 Å². The van der Waals surface area contributed by atoms with Crippen LogP contribution in [0.4, 0.5) is 17.6 Å². The van der Waals surface area contributed by atoms with Crippen molar-refractivity contribution in [2.45, 2.75) is 13.3 Å². The van der Waals surface area contributed by atoms with Crippen molar-refractivity contribution in [1.82, 2.24) is 4.98 Å². The summed E-state index contributed by atoms with van der Waals surface area (Å²) < 4.78 is 49.1. The van der Waals surface area contributed by atoms with Gasteiger partial charge in [0.05, 0.1) is 11.8 Å². The fourth-order valence-corrected chi connectivity index (χ4v) is 0.838. The third-order valence-corrected chi connectivity index (χ3v) is 1.48. The monoisotopic (exact) mass is 179 g/mol. The second kappa shape index (κ2) is 3.08. The summed E-state index contributed by atoms with van der Waals surface area (Å²) >= 11 is 0. The van der Waals surface area contributed by atoms with Crippen molar-refractivity contribution in [2.75, 3.05) is 0 Å². The molecule has 1 nitrogen and oxygen atoms in total. The maximum Gasteiger partial charge on any atom is 0.267 e. The molecular formula is C7H5F4N. The van der Waals surface area contributed by atoms with Gasteiger partial charge in [-0.2, -0.15) is 4.39 Å². The second-order valence-corrected chi connectivity index (χ2v) is 2.24. The van der Waals surface area contributed by atoms with Crippen LogP contribution in [-0.2, 0) is 0 Å². The van der Waals surface area contributed by atoms with Gasteiger partial charge in [0.1, 0.15) is 0 Å². The standard InChI is InChI=1S/C7H5F4N/c1-3-5(6(9)10)4(8)2-12-7(3)11/h2,6H,1H3. The largest absolute Gasteiger partial charge is 0.267 e. The highest BCUT2D eigenvalue weighted by atomic mass is 19.3. The number of hydrogen-bond donors (Lipinski definition) is 0. The minimum absolute atomic E-state index is 0.440. The highest BCUT2D eigenvalue weighted by Crippen LogP contribution is 2.25. The summed E-state index contributed by atoms with van der Waals surface area (Å²) in [5.74, 6) is -2.24. The van der Waals surface area contributed by atoms with Crippen LogP contribution >= 0.6 is 0 Å². The smallest absolute Gasteiger partial charge is 0.225 e. The van der Waals surface area contributed by atoms with E-state index in [-0.39, 0.29) is 0 Å². The van der Waals surface area contributed by atoms with Crippen molar-refractivity contribution in [2.24, 2.45) is 0 Å². The van der Waals surface area contributed by atoms with Gasteiger partial charge in [0.2, 0.25) is 5.95 Å². The molecule has 0 fully saturated rings. The fourth-order valence-electron chi connectivity index (χ4n) is 0.838. The van der Waals surface area contributed by atoms with Crippen molar-refractivity contribution in [1.29, 1.82) is 0 Å². The Bertz CT molecular complexity index is 298. The number of hydrogen-bond acceptors (Lipinski definition) is 1. The molecule has 1 rings (SSSR count). The van der Waals surface area contributed by atoms with Crippen LogP contribution in [0.5, 0.6) is 0 Å². The average Bonchev–Trinajstić information content (AvgIpc) is 1.97. The van der Waals surface area contributed by atoms with Crippen LogP contribution in [0.15, 0.2) is 6.20 Å². The molecular weight excluding hydrogens is 174 g/mol. The molecule has 0 atom stereocenters. The lowest BCUT2D eigenvalue weighted by molar-refractivity contribution is 0.144. The first-order chi connectivity index (χ1) is 5.54. The molecule has 5 heteroatoms. The first-order valence-electron chi connectivity index (χ1n) is 3.12. The minimum atomic E-state index is -3.01. The number of halogens is 4. The number of nitrogens with zero attached hydrogens (tertiary/aromatic N) is 1. The zero-order chi connectivity index (χ0) is 9.30. The molecule has 0 aliphatic rings. The van der Waals surface area contributed by atoms with Gasteiger partial charge in [0, 0.05) is 5.56 Å². The van der Waals surface area contributed by atoms with Gasteiger partial charge in [0.15, 0.2) is 5.82 Å². The summed E-state index contributed by atoms with van der Waals surface area (Å²) in [4.78, 5) is 2.95. The molecule has 1 aromatic rings. The van der Waals surface area contributed by atoms with E-state index in [4.69, 9.17) is 0 Å². The number of aromatic nitrogens is 1. The topological polar surface area (TPSA) is 12.9 Å². The van der Waals surface area contributed by atoms with Crippen LogP contribution in [0.3, 0.4) is 0 Å². The van der Waals surface area contributed by atoms with Gasteiger partial charge < -0.3 is 0 Å². The van der Waals surface area contributed by atoms with Crippen LogP contribution in [-0.4, -0.2) is 4.98 Å². The van der Waals surface area contributed by atoms with E-state index in [2.05, 4.69) is 4.98 Å². The maximum atomic E-state index is 12.6. The van der Waals surface area contributed by atoms with Crippen LogP contribution in [0, 0.1) is 18.7 Å². The van der Waals surface area contributed by atoms with Crippen molar-refractivity contribution >= 4 is 0 Å². The van der Waals surface area contributed by atoms with E-state index < -0.39 is 29.3 Å². The number of alkyl halides is 2. The maximum absolute atomic E-state index is 12.6. The van der Waals surface area contributed by atoms with E-state index in [9.17, 15) is 17.6 Å². The molecule has 12 heavy (non-hydrogen) atoms. The summed E-state index contributed by atoms with van der Waals surface area (Å²) in [6, 6.07) is 0. The van der Waals surface area contributed by atoms with E-state index in [1.54, 1.807) is 0 Å². The fraction of sp³-hybridized carbons (Fsp3) is 0.286. The lowest BCUT2D eigenvalue weighted by Gasteiger charge is -2.05. The second-order valence-electron chi connectivity index (χ2n) is 2.24. The normalized spacial score (nSPS) is 10.8. The van der Waals surface area contributed by atoms with E-state index >= 15 is 0 Å². The SMILES string of the molecule is Cc1c(F)ncc(F)c1C(F)F. The molecule has 0 bridgehead atoms. The average molecular weight is 179 g/mol. The molecule has 0 spiro atoms. The number of rotatable bonds is 1. The Labute approximate surface area is 66.0 Å². The van der Waals surface area contributed by atoms with E-state index in [0.717, 1.165) is 6.92 Å². The Hall–Kier alpha value is -1.13. The first-order valence-corrected chi connectivity index (χ1v) is 3.12. The molecule has 0 saturated heterocycles. The Morgan fingerprint density at radius 1 is 1.33 bits per heavy atom. The molecule has 0 radical (unpaired) electrons. The van der Waals surface area contributed by atoms with Crippen LogP contribution in [0.2, 0.25) is 0 Å². The Morgan fingerprint density at radius 3 is 2.33 bits per heavy atom. The highest BCUT2D eigenvalue weighted by molar-refractivity contribution is 5.25. The molecule has 1 aromatic heterocycles. The third kappa shape index (κ3) is 1.39. The van der Waals surface area contributed by atoms with E-state index in [1.807, 2.05) is 0 Å². The van der Waals surface area contributed by atoms with Gasteiger partial charge in [-0.15, -0.1) is 0 Å². The van der Waals surface area contributed by atoms with Crippen molar-refractivity contribution in [3.63, 3.8) is 0 Å². The third-order valence-electron chi connectivity index (χ3n) is 1.48. The summed E-state index contributed by atoms with van der Waals surface area (Å²) in [6.07, 6.45) is -2.56. The summed E-state index contributed by atoms with van der Waals surface area (Å²) in [5, 5.41) is 0. The summed E-state index contributed by atoms with van der Waals surface area (Å²) in [6.45, 7) is 1.06. The van der Waals surface area contributed by atoms with Crippen LogP contribution < -0.4 is 0 Å². The van der Waals surface area contributed by atoms with Gasteiger partial charge in [-0.25, -0.2) is 18.2 Å². The van der Waals surface area contributed by atoms with Crippen LogP contribution in [0.25, 0.3) is 0 Å². The van der Waals surface area contributed by atoms with E-state index in [0.29, 0.717) is 6.20 Å². The quantitative estimate of drug-likeness (QED) is 0.477. The zero-order valence-corrected chi connectivity index (χ0v) is 6.11. The Morgan fingerprint density at radius 2 is 1.92 bits per heavy atom. The Balaban J connectivity index is 3.33. The zero-order valence-electron chi connectivity index (χ0n) is 6.11. The molecule has 0 amide bonds. The molecule has 0 aliphatic carbocycles. The first kappa shape index (κ1) is 8.96. The lowest BCUT2D eigenvalue weighted by Crippen LogP contribution is -2.00. The summed E-state index contributed by atoms with van der Waals surface area (Å²) in [7, 11) is 0. The van der Waals surface area contributed by atoms with Crippen molar-refractivity contribution < 1.29 is 17.6 Å². The molecule has 0 aliphatic heterocycles. The van der Waals surface area contributed by atoms with Gasteiger partial charge in [-0.1, -0.05) is 0 Å². The summed E-state index contributed by atoms with van der Waals surface area (Å²) in [5.41, 5.74) is -1.35. The molecule has 1 heterocycles. The van der Waals surface area contributed by atoms with Crippen molar-refractivity contribution in [3.8, 4) is 0 Å². The predicted octanol–water partition coefficient (Wildman–Crippen LogP) is 2.61. The van der Waals surface area contributed by atoms with Gasteiger partial charge in [-0.05, 0) is 6.92 Å². The molecule has 0 unspecified atom stereocenters.